The first kappa shape index (κ1) is 16.3. The molecule has 1 aromatic rings. The molecule has 2 amide bonds. The summed E-state index contributed by atoms with van der Waals surface area (Å²) >= 11 is 0. The maximum atomic E-state index is 13.2. The monoisotopic (exact) mass is 308 g/mol. The van der Waals surface area contributed by atoms with Crippen LogP contribution in [0.3, 0.4) is 0 Å². The molecule has 2 rings (SSSR count). The van der Waals surface area contributed by atoms with Crippen LogP contribution in [0.4, 0.5) is 14.9 Å². The minimum absolute atomic E-state index is 0.0172. The van der Waals surface area contributed by atoms with Crippen LogP contribution in [-0.2, 0) is 9.53 Å². The molecule has 0 aromatic heterocycles. The van der Waals surface area contributed by atoms with Crippen LogP contribution < -0.4 is 10.2 Å². The van der Waals surface area contributed by atoms with E-state index in [1.807, 2.05) is 13.8 Å². The Balaban J connectivity index is 1.91. The van der Waals surface area contributed by atoms with Crippen molar-refractivity contribution in [2.75, 3.05) is 18.0 Å². The summed E-state index contributed by atoms with van der Waals surface area (Å²) < 4.78 is 18.4. The maximum absolute atomic E-state index is 13.2. The molecule has 1 atom stereocenters. The van der Waals surface area contributed by atoms with E-state index in [-0.39, 0.29) is 18.4 Å². The molecule has 0 aliphatic carbocycles. The Morgan fingerprint density at radius 3 is 2.82 bits per heavy atom. The van der Waals surface area contributed by atoms with Crippen molar-refractivity contribution < 1.29 is 18.7 Å². The lowest BCUT2D eigenvalue weighted by molar-refractivity contribution is -0.125. The van der Waals surface area contributed by atoms with Gasteiger partial charge in [0.2, 0.25) is 5.91 Å². The number of carbonyl (C=O) groups excluding carboxylic acids is 2. The summed E-state index contributed by atoms with van der Waals surface area (Å²) in [6.07, 6.45) is 0.617. The molecule has 0 radical (unpaired) electrons. The van der Waals surface area contributed by atoms with Crippen molar-refractivity contribution in [2.45, 2.75) is 32.8 Å². The highest BCUT2D eigenvalue weighted by molar-refractivity contribution is 5.89. The molecule has 1 aliphatic heterocycles. The molecule has 1 aliphatic rings. The molecule has 22 heavy (non-hydrogen) atoms. The number of nitrogens with zero attached hydrogens (tertiary/aromatic N) is 1. The Morgan fingerprint density at radius 1 is 1.45 bits per heavy atom. The highest BCUT2D eigenvalue weighted by Gasteiger charge is 2.32. The van der Waals surface area contributed by atoms with E-state index in [1.54, 1.807) is 12.1 Å². The lowest BCUT2D eigenvalue weighted by atomic mass is 10.0. The van der Waals surface area contributed by atoms with Gasteiger partial charge in [0.15, 0.2) is 0 Å². The van der Waals surface area contributed by atoms with Gasteiger partial charge in [-0.25, -0.2) is 9.18 Å². The minimum atomic E-state index is -0.521. The fraction of sp³-hybridized carbons (Fsp3) is 0.500. The Hall–Kier alpha value is -2.11. The second kappa shape index (κ2) is 7.24. The Bertz CT molecular complexity index is 546. The van der Waals surface area contributed by atoms with Crippen LogP contribution in [0.1, 0.15) is 26.7 Å². The molecule has 0 bridgehead atoms. The molecule has 1 heterocycles. The van der Waals surface area contributed by atoms with Gasteiger partial charge in [0.05, 0.1) is 18.8 Å². The zero-order valence-corrected chi connectivity index (χ0v) is 12.8. The van der Waals surface area contributed by atoms with Crippen molar-refractivity contribution in [3.8, 4) is 0 Å². The van der Waals surface area contributed by atoms with Crippen LogP contribution in [0.5, 0.6) is 0 Å². The number of ether oxygens (including phenoxy) is 1. The van der Waals surface area contributed by atoms with Crippen molar-refractivity contribution in [3.63, 3.8) is 0 Å². The molecule has 1 fully saturated rings. The third kappa shape index (κ3) is 3.75. The first-order valence-corrected chi connectivity index (χ1v) is 7.56. The summed E-state index contributed by atoms with van der Waals surface area (Å²) in [6, 6.07) is 5.79. The second-order valence-corrected chi connectivity index (χ2v) is 5.35. The summed E-state index contributed by atoms with van der Waals surface area (Å²) in [6.45, 7) is 4.50. The van der Waals surface area contributed by atoms with Gasteiger partial charge in [-0.05, 0) is 31.0 Å². The molecule has 1 aromatic carbocycles. The number of amides is 2. The number of benzene rings is 1. The van der Waals surface area contributed by atoms with E-state index >= 15 is 0 Å². The fourth-order valence-electron chi connectivity index (χ4n) is 2.50. The normalized spacial score (nSPS) is 17.7. The first-order chi connectivity index (χ1) is 10.5. The number of halogens is 1. The summed E-state index contributed by atoms with van der Waals surface area (Å²) in [5, 5.41) is 2.81. The summed E-state index contributed by atoms with van der Waals surface area (Å²) in [5.74, 6) is -0.447. The average Bonchev–Trinajstić information content (AvgIpc) is 2.87. The van der Waals surface area contributed by atoms with E-state index in [0.717, 1.165) is 12.8 Å². The van der Waals surface area contributed by atoms with Gasteiger partial charge in [0.25, 0.3) is 0 Å². The van der Waals surface area contributed by atoms with E-state index in [2.05, 4.69) is 5.32 Å². The van der Waals surface area contributed by atoms with Gasteiger partial charge in [0, 0.05) is 5.92 Å². The molecule has 1 unspecified atom stereocenters. The summed E-state index contributed by atoms with van der Waals surface area (Å²) in [5.41, 5.74) is 0.457. The van der Waals surface area contributed by atoms with Crippen molar-refractivity contribution in [1.29, 1.82) is 0 Å². The van der Waals surface area contributed by atoms with Crippen molar-refractivity contribution >= 4 is 17.7 Å². The van der Waals surface area contributed by atoms with Crippen molar-refractivity contribution in [1.82, 2.24) is 5.32 Å². The number of carbonyl (C=O) groups is 2. The van der Waals surface area contributed by atoms with E-state index in [9.17, 15) is 14.0 Å². The number of cyclic esters (lactones) is 1. The number of nitrogens with one attached hydrogen (secondary N) is 1. The van der Waals surface area contributed by atoms with E-state index in [0.29, 0.717) is 12.2 Å². The van der Waals surface area contributed by atoms with Crippen LogP contribution in [-0.4, -0.2) is 31.2 Å². The first-order valence-electron chi connectivity index (χ1n) is 7.56. The molecule has 5 nitrogen and oxygen atoms in total. The second-order valence-electron chi connectivity index (χ2n) is 5.35. The largest absolute Gasteiger partial charge is 0.442 e. The van der Waals surface area contributed by atoms with Gasteiger partial charge >= 0.3 is 6.09 Å². The Labute approximate surface area is 129 Å². The van der Waals surface area contributed by atoms with Crippen LogP contribution in [0.2, 0.25) is 0 Å². The topological polar surface area (TPSA) is 58.6 Å². The molecular weight excluding hydrogens is 287 g/mol. The van der Waals surface area contributed by atoms with E-state index in [4.69, 9.17) is 4.74 Å². The Morgan fingerprint density at radius 2 is 2.18 bits per heavy atom. The minimum Gasteiger partial charge on any atom is -0.442 e. The van der Waals surface area contributed by atoms with Gasteiger partial charge in [-0.15, -0.1) is 0 Å². The van der Waals surface area contributed by atoms with Crippen LogP contribution in [0.15, 0.2) is 24.3 Å². The molecule has 120 valence electrons. The Kier molecular flexibility index (Phi) is 5.35. The third-order valence-electron chi connectivity index (χ3n) is 3.85. The number of rotatable bonds is 6. The molecule has 0 saturated carbocycles. The van der Waals surface area contributed by atoms with Crippen LogP contribution >= 0.6 is 0 Å². The number of hydrogen-bond donors (Lipinski definition) is 1. The molecule has 1 saturated heterocycles. The highest BCUT2D eigenvalue weighted by Crippen LogP contribution is 2.22. The summed E-state index contributed by atoms with van der Waals surface area (Å²) in [7, 11) is 0. The number of anilines is 1. The van der Waals surface area contributed by atoms with Gasteiger partial charge < -0.3 is 10.1 Å². The van der Waals surface area contributed by atoms with Crippen molar-refractivity contribution in [2.24, 2.45) is 5.92 Å². The average molecular weight is 308 g/mol. The predicted molar refractivity (Wildman–Crippen MR) is 81.1 cm³/mol. The third-order valence-corrected chi connectivity index (χ3v) is 3.85. The zero-order valence-electron chi connectivity index (χ0n) is 12.8. The number of hydrogen-bond acceptors (Lipinski definition) is 3. The quantitative estimate of drug-likeness (QED) is 0.879. The van der Waals surface area contributed by atoms with Crippen LogP contribution in [0, 0.1) is 11.7 Å². The SMILES string of the molecule is CCC(CC)C(=O)NCC1CN(c2cccc(F)c2)C(=O)O1. The lowest BCUT2D eigenvalue weighted by Crippen LogP contribution is -2.37. The fourth-order valence-corrected chi connectivity index (χ4v) is 2.50. The lowest BCUT2D eigenvalue weighted by Gasteiger charge is -2.15. The molecule has 6 heteroatoms. The highest BCUT2D eigenvalue weighted by atomic mass is 19.1. The molecular formula is C16H21FN2O3. The van der Waals surface area contributed by atoms with Gasteiger partial charge in [-0.1, -0.05) is 19.9 Å². The van der Waals surface area contributed by atoms with Gasteiger partial charge in [-0.3, -0.25) is 9.69 Å². The predicted octanol–water partition coefficient (Wildman–Crippen LogP) is 2.70. The standard InChI is InChI=1S/C16H21FN2O3/c1-3-11(4-2)15(20)18-9-14-10-19(16(21)22-14)13-7-5-6-12(17)8-13/h5-8,11,14H,3-4,9-10H2,1-2H3,(H,18,20). The van der Waals surface area contributed by atoms with Crippen LogP contribution in [0.25, 0.3) is 0 Å². The van der Waals surface area contributed by atoms with Gasteiger partial charge in [0.1, 0.15) is 11.9 Å². The van der Waals surface area contributed by atoms with Gasteiger partial charge in [-0.2, -0.15) is 0 Å². The van der Waals surface area contributed by atoms with E-state index < -0.39 is 18.0 Å². The van der Waals surface area contributed by atoms with Crippen molar-refractivity contribution in [3.05, 3.63) is 30.1 Å². The zero-order chi connectivity index (χ0) is 16.1. The molecule has 1 N–H and O–H groups in total. The maximum Gasteiger partial charge on any atom is 0.414 e. The summed E-state index contributed by atoms with van der Waals surface area (Å²) in [4.78, 5) is 25.2. The molecule has 0 spiro atoms. The smallest absolute Gasteiger partial charge is 0.414 e. The van der Waals surface area contributed by atoms with E-state index in [1.165, 1.54) is 17.0 Å².